The maximum absolute atomic E-state index is 13.3. The molecule has 0 radical (unpaired) electrons. The van der Waals surface area contributed by atoms with Crippen LogP contribution in [-0.4, -0.2) is 13.2 Å². The van der Waals surface area contributed by atoms with Crippen LogP contribution >= 0.6 is 15.9 Å². The van der Waals surface area contributed by atoms with Crippen LogP contribution in [0.25, 0.3) is 0 Å². The van der Waals surface area contributed by atoms with E-state index in [0.29, 0.717) is 41.2 Å². The minimum Gasteiger partial charge on any atom is -0.493 e. The lowest BCUT2D eigenvalue weighted by Crippen LogP contribution is -2.05. The largest absolute Gasteiger partial charge is 0.493 e. The van der Waals surface area contributed by atoms with Crippen molar-refractivity contribution in [2.45, 2.75) is 6.42 Å². The van der Waals surface area contributed by atoms with Crippen LogP contribution in [0.1, 0.15) is 12.0 Å². The summed E-state index contributed by atoms with van der Waals surface area (Å²) in [4.78, 5) is 0. The summed E-state index contributed by atoms with van der Waals surface area (Å²) in [5, 5.41) is 8.92. The number of para-hydroxylation sites is 1. The summed E-state index contributed by atoms with van der Waals surface area (Å²) >= 11 is 3.08. The van der Waals surface area contributed by atoms with Crippen LogP contribution < -0.4 is 9.47 Å². The minimum absolute atomic E-state index is 0.355. The molecule has 0 amide bonds. The predicted molar refractivity (Wildman–Crippen MR) is 80.9 cm³/mol. The zero-order valence-electron chi connectivity index (χ0n) is 11.2. The molecule has 0 aliphatic rings. The maximum atomic E-state index is 13.3. The molecule has 0 heterocycles. The molecular weight excluding hydrogens is 337 g/mol. The second-order valence-electron chi connectivity index (χ2n) is 4.23. The molecule has 0 saturated heterocycles. The van der Waals surface area contributed by atoms with Gasteiger partial charge in [-0.25, -0.2) is 4.39 Å². The average molecular weight is 350 g/mol. The van der Waals surface area contributed by atoms with E-state index >= 15 is 0 Å². The van der Waals surface area contributed by atoms with Crippen molar-refractivity contribution in [1.29, 1.82) is 5.26 Å². The maximum Gasteiger partial charge on any atom is 0.141 e. The molecule has 2 aromatic carbocycles. The third-order valence-electron chi connectivity index (χ3n) is 2.71. The van der Waals surface area contributed by atoms with E-state index < -0.39 is 0 Å². The summed E-state index contributed by atoms with van der Waals surface area (Å²) in [6.45, 7) is 0.841. The van der Waals surface area contributed by atoms with Gasteiger partial charge in [-0.05, 0) is 40.2 Å². The van der Waals surface area contributed by atoms with Gasteiger partial charge in [0.15, 0.2) is 0 Å². The molecular formula is C16H13BrFNO2. The molecule has 0 N–H and O–H groups in total. The summed E-state index contributed by atoms with van der Waals surface area (Å²) in [6, 6.07) is 13.8. The number of nitriles is 1. The first-order chi connectivity index (χ1) is 10.2. The fourth-order valence-electron chi connectivity index (χ4n) is 1.68. The molecule has 0 fully saturated rings. The van der Waals surface area contributed by atoms with E-state index in [-0.39, 0.29) is 5.82 Å². The Bertz CT molecular complexity index is 655. The van der Waals surface area contributed by atoms with Crippen molar-refractivity contribution in [1.82, 2.24) is 0 Å². The van der Waals surface area contributed by atoms with Crippen molar-refractivity contribution in [2.75, 3.05) is 13.2 Å². The van der Waals surface area contributed by atoms with Crippen molar-refractivity contribution in [3.63, 3.8) is 0 Å². The predicted octanol–water partition coefficient (Wildman–Crippen LogP) is 4.31. The molecule has 108 valence electrons. The van der Waals surface area contributed by atoms with Gasteiger partial charge in [0.25, 0.3) is 0 Å². The summed E-state index contributed by atoms with van der Waals surface area (Å²) < 4.78 is 24.6. The SMILES string of the molecule is N#Cc1ccccc1OCCCOc1ccc(Br)c(F)c1. The summed E-state index contributed by atoms with van der Waals surface area (Å²) in [5.41, 5.74) is 0.508. The minimum atomic E-state index is -0.355. The van der Waals surface area contributed by atoms with Gasteiger partial charge in [-0.1, -0.05) is 12.1 Å². The van der Waals surface area contributed by atoms with Gasteiger partial charge in [-0.2, -0.15) is 5.26 Å². The van der Waals surface area contributed by atoms with E-state index in [1.807, 2.05) is 6.07 Å². The molecule has 21 heavy (non-hydrogen) atoms. The van der Waals surface area contributed by atoms with Crippen LogP contribution in [0, 0.1) is 17.1 Å². The number of nitrogens with zero attached hydrogens (tertiary/aromatic N) is 1. The van der Waals surface area contributed by atoms with Gasteiger partial charge in [-0.15, -0.1) is 0 Å². The highest BCUT2D eigenvalue weighted by molar-refractivity contribution is 9.10. The van der Waals surface area contributed by atoms with E-state index in [2.05, 4.69) is 22.0 Å². The van der Waals surface area contributed by atoms with Crippen molar-refractivity contribution in [3.05, 3.63) is 58.3 Å². The highest BCUT2D eigenvalue weighted by Crippen LogP contribution is 2.21. The summed E-state index contributed by atoms with van der Waals surface area (Å²) in [5.74, 6) is 0.689. The molecule has 0 aliphatic carbocycles. The molecule has 0 aliphatic heterocycles. The first kappa shape index (κ1) is 15.3. The van der Waals surface area contributed by atoms with Gasteiger partial charge in [-0.3, -0.25) is 0 Å². The lowest BCUT2D eigenvalue weighted by Gasteiger charge is -2.09. The lowest BCUT2D eigenvalue weighted by molar-refractivity contribution is 0.246. The Morgan fingerprint density at radius 1 is 1.10 bits per heavy atom. The van der Waals surface area contributed by atoms with Gasteiger partial charge >= 0.3 is 0 Å². The monoisotopic (exact) mass is 349 g/mol. The lowest BCUT2D eigenvalue weighted by atomic mass is 10.2. The Morgan fingerprint density at radius 2 is 1.86 bits per heavy atom. The Kier molecular flexibility index (Phi) is 5.59. The molecule has 2 aromatic rings. The normalized spacial score (nSPS) is 9.95. The summed E-state index contributed by atoms with van der Waals surface area (Å²) in [6.07, 6.45) is 0.636. The third kappa shape index (κ3) is 4.47. The quantitative estimate of drug-likeness (QED) is 0.729. The molecule has 0 unspecified atom stereocenters. The number of halogens is 2. The van der Waals surface area contributed by atoms with E-state index in [9.17, 15) is 4.39 Å². The Morgan fingerprint density at radius 3 is 2.62 bits per heavy atom. The van der Waals surface area contributed by atoms with Gasteiger partial charge in [0.2, 0.25) is 0 Å². The fraction of sp³-hybridized carbons (Fsp3) is 0.188. The van der Waals surface area contributed by atoms with Crippen LogP contribution in [0.3, 0.4) is 0 Å². The van der Waals surface area contributed by atoms with Gasteiger partial charge in [0.1, 0.15) is 23.4 Å². The van der Waals surface area contributed by atoms with Gasteiger partial charge in [0, 0.05) is 12.5 Å². The molecule has 0 aromatic heterocycles. The first-order valence-electron chi connectivity index (χ1n) is 6.40. The molecule has 2 rings (SSSR count). The van der Waals surface area contributed by atoms with Crippen molar-refractivity contribution < 1.29 is 13.9 Å². The van der Waals surface area contributed by atoms with Crippen LogP contribution in [0.5, 0.6) is 11.5 Å². The number of benzene rings is 2. The zero-order chi connectivity index (χ0) is 15.1. The number of hydrogen-bond donors (Lipinski definition) is 0. The third-order valence-corrected chi connectivity index (χ3v) is 3.36. The number of rotatable bonds is 6. The molecule has 3 nitrogen and oxygen atoms in total. The standard InChI is InChI=1S/C16H13BrFNO2/c17-14-7-6-13(10-15(14)18)20-8-3-9-21-16-5-2-1-4-12(16)11-19/h1-2,4-7,10H,3,8-9H2. The molecule has 0 saturated carbocycles. The van der Waals surface area contributed by atoms with Crippen LogP contribution in [0.4, 0.5) is 4.39 Å². The van der Waals surface area contributed by atoms with Crippen molar-refractivity contribution >= 4 is 15.9 Å². The van der Waals surface area contributed by atoms with E-state index in [0.717, 1.165) is 0 Å². The second kappa shape index (κ2) is 7.65. The van der Waals surface area contributed by atoms with E-state index in [1.165, 1.54) is 6.07 Å². The highest BCUT2D eigenvalue weighted by Gasteiger charge is 2.03. The van der Waals surface area contributed by atoms with Crippen LogP contribution in [0.2, 0.25) is 0 Å². The number of ether oxygens (including phenoxy) is 2. The molecule has 0 atom stereocenters. The van der Waals surface area contributed by atoms with Crippen molar-refractivity contribution in [2.24, 2.45) is 0 Å². The van der Waals surface area contributed by atoms with E-state index in [1.54, 1.807) is 30.3 Å². The van der Waals surface area contributed by atoms with Crippen LogP contribution in [0.15, 0.2) is 46.9 Å². The Labute approximate surface area is 131 Å². The zero-order valence-corrected chi connectivity index (χ0v) is 12.8. The van der Waals surface area contributed by atoms with Gasteiger partial charge in [0.05, 0.1) is 23.2 Å². The molecule has 0 bridgehead atoms. The fourth-order valence-corrected chi connectivity index (χ4v) is 1.93. The Hall–Kier alpha value is -2.06. The first-order valence-corrected chi connectivity index (χ1v) is 7.20. The summed E-state index contributed by atoms with van der Waals surface area (Å²) in [7, 11) is 0. The van der Waals surface area contributed by atoms with Crippen molar-refractivity contribution in [3.8, 4) is 17.6 Å². The van der Waals surface area contributed by atoms with E-state index in [4.69, 9.17) is 14.7 Å². The van der Waals surface area contributed by atoms with Gasteiger partial charge < -0.3 is 9.47 Å². The Balaban J connectivity index is 1.75. The highest BCUT2D eigenvalue weighted by atomic mass is 79.9. The van der Waals surface area contributed by atoms with Crippen LogP contribution in [-0.2, 0) is 0 Å². The molecule has 0 spiro atoms. The number of hydrogen-bond acceptors (Lipinski definition) is 3. The average Bonchev–Trinajstić information content (AvgIpc) is 2.51. The topological polar surface area (TPSA) is 42.2 Å². The molecule has 5 heteroatoms. The smallest absolute Gasteiger partial charge is 0.141 e. The second-order valence-corrected chi connectivity index (χ2v) is 5.09.